The minimum absolute atomic E-state index is 0.000566. The standard InChI is InChI=1S/C48H32N2/c1-3-13-33(14-4-1)34-23-27-38(28-24-34)49-45-21-11-8-18-40(45)42-31-36(25-29-47(42)49)37-26-30-48-43(32-37)41-19-9-12-22-46(41)50(48)44-20-10-7-17-39(44)35-15-5-2-6-16-35/h1-32H/i1D,8D,13D,14D,18D,21D,27D,28D,29D,31D. The zero-order valence-corrected chi connectivity index (χ0v) is 26.6. The van der Waals surface area contributed by atoms with Gasteiger partial charge in [-0.25, -0.2) is 0 Å². The summed E-state index contributed by atoms with van der Waals surface area (Å²) in [6.45, 7) is 0. The Labute approximate surface area is 304 Å². The first kappa shape index (κ1) is 20.0. The lowest BCUT2D eigenvalue weighted by atomic mass is 10.0. The van der Waals surface area contributed by atoms with E-state index in [4.69, 9.17) is 8.22 Å². The van der Waals surface area contributed by atoms with Gasteiger partial charge in [0.1, 0.15) is 0 Å². The topological polar surface area (TPSA) is 9.86 Å². The predicted molar refractivity (Wildman–Crippen MR) is 211 cm³/mol. The summed E-state index contributed by atoms with van der Waals surface area (Å²) in [6, 6.07) is 39.5. The second kappa shape index (κ2) is 11.5. The molecule has 0 fully saturated rings. The Morgan fingerprint density at radius 2 is 1.08 bits per heavy atom. The molecule has 2 nitrogen and oxygen atoms in total. The monoisotopic (exact) mass is 646 g/mol. The van der Waals surface area contributed by atoms with Crippen LogP contribution in [0.1, 0.15) is 13.7 Å². The van der Waals surface area contributed by atoms with E-state index in [1.807, 2.05) is 60.7 Å². The molecular formula is C48H32N2. The molecule has 0 amide bonds. The van der Waals surface area contributed by atoms with Crippen molar-refractivity contribution in [2.24, 2.45) is 0 Å². The SMILES string of the molecule is [2H]c1cc([2H])c(-c2cc([2H])c(-n3c4c([2H])cc([2H])c([2H])c4c4c([2H])c(-c5ccc6c(c5)c5ccccc5n6-c5ccccc5-c5ccccc5)cc([2H])c43)c([2H])c2)c([2H])c1. The van der Waals surface area contributed by atoms with Gasteiger partial charge in [0.25, 0.3) is 0 Å². The zero-order valence-electron chi connectivity index (χ0n) is 36.6. The normalized spacial score (nSPS) is 14.4. The molecule has 0 radical (unpaired) electrons. The summed E-state index contributed by atoms with van der Waals surface area (Å²) in [7, 11) is 0. The molecule has 0 saturated heterocycles. The van der Waals surface area contributed by atoms with Gasteiger partial charge in [0, 0.05) is 32.8 Å². The van der Waals surface area contributed by atoms with Crippen LogP contribution in [0.25, 0.3) is 88.4 Å². The average molecular weight is 647 g/mol. The third kappa shape index (κ3) is 4.50. The maximum atomic E-state index is 9.76. The van der Waals surface area contributed by atoms with Crippen molar-refractivity contribution in [1.82, 2.24) is 9.13 Å². The highest BCUT2D eigenvalue weighted by molar-refractivity contribution is 6.13. The fourth-order valence-corrected chi connectivity index (χ4v) is 7.05. The van der Waals surface area contributed by atoms with Gasteiger partial charge in [-0.3, -0.25) is 0 Å². The number of rotatable bonds is 5. The number of para-hydroxylation sites is 3. The lowest BCUT2D eigenvalue weighted by Crippen LogP contribution is -1.97. The molecule has 0 aliphatic carbocycles. The highest BCUT2D eigenvalue weighted by atomic mass is 15.0. The smallest absolute Gasteiger partial charge is 0.0645 e. The summed E-state index contributed by atoms with van der Waals surface area (Å²) in [5, 5.41) is 2.20. The molecule has 2 aromatic heterocycles. The number of aromatic nitrogens is 2. The van der Waals surface area contributed by atoms with Crippen molar-refractivity contribution in [3.05, 3.63) is 194 Å². The largest absolute Gasteiger partial charge is 0.309 e. The summed E-state index contributed by atoms with van der Waals surface area (Å²) < 4.78 is 92.8. The van der Waals surface area contributed by atoms with E-state index in [0.29, 0.717) is 11.1 Å². The highest BCUT2D eigenvalue weighted by Crippen LogP contribution is 2.40. The first-order chi connectivity index (χ1) is 28.9. The molecule has 2 heteroatoms. The van der Waals surface area contributed by atoms with Crippen molar-refractivity contribution >= 4 is 43.6 Å². The average Bonchev–Trinajstić information content (AvgIpc) is 3.75. The third-order valence-electron chi connectivity index (χ3n) is 9.32. The van der Waals surface area contributed by atoms with Gasteiger partial charge in [-0.15, -0.1) is 0 Å². The number of fused-ring (bicyclic) bond motifs is 6. The fraction of sp³-hybridized carbons (Fsp3) is 0. The van der Waals surface area contributed by atoms with E-state index < -0.39 is 0 Å². The van der Waals surface area contributed by atoms with Gasteiger partial charge in [0.05, 0.1) is 41.5 Å². The zero-order chi connectivity index (χ0) is 41.7. The van der Waals surface area contributed by atoms with Crippen molar-refractivity contribution in [2.75, 3.05) is 0 Å². The van der Waals surface area contributed by atoms with Crippen LogP contribution in [0.5, 0.6) is 0 Å². The summed E-state index contributed by atoms with van der Waals surface area (Å²) >= 11 is 0. The molecule has 10 rings (SSSR count). The first-order valence-electron chi connectivity index (χ1n) is 21.4. The van der Waals surface area contributed by atoms with Crippen molar-refractivity contribution in [2.45, 2.75) is 0 Å². The number of hydrogen-bond acceptors (Lipinski definition) is 0. The van der Waals surface area contributed by atoms with Crippen LogP contribution in [-0.2, 0) is 0 Å². The van der Waals surface area contributed by atoms with Crippen molar-refractivity contribution < 1.29 is 13.7 Å². The molecule has 8 aromatic carbocycles. The molecule has 0 saturated carbocycles. The Bertz CT molecular complexity index is 3400. The van der Waals surface area contributed by atoms with Crippen LogP contribution < -0.4 is 0 Å². The van der Waals surface area contributed by atoms with Crippen molar-refractivity contribution in [3.63, 3.8) is 0 Å². The Balaban J connectivity index is 1.22. The molecule has 0 spiro atoms. The van der Waals surface area contributed by atoms with Crippen LogP contribution in [0, 0.1) is 0 Å². The summed E-state index contributed by atoms with van der Waals surface area (Å²) in [6.07, 6.45) is 0. The van der Waals surface area contributed by atoms with E-state index in [2.05, 4.69) is 41.0 Å². The molecule has 0 aliphatic rings. The van der Waals surface area contributed by atoms with Gasteiger partial charge in [0.2, 0.25) is 0 Å². The van der Waals surface area contributed by atoms with E-state index in [1.54, 1.807) is 6.07 Å². The van der Waals surface area contributed by atoms with Gasteiger partial charge < -0.3 is 9.13 Å². The van der Waals surface area contributed by atoms with Gasteiger partial charge in [-0.1, -0.05) is 139 Å². The lowest BCUT2D eigenvalue weighted by molar-refractivity contribution is 1.18. The van der Waals surface area contributed by atoms with Gasteiger partial charge in [-0.2, -0.15) is 0 Å². The van der Waals surface area contributed by atoms with Crippen molar-refractivity contribution in [3.8, 4) is 44.8 Å². The van der Waals surface area contributed by atoms with E-state index in [9.17, 15) is 5.48 Å². The van der Waals surface area contributed by atoms with Gasteiger partial charge in [0.15, 0.2) is 0 Å². The minimum atomic E-state index is -0.242. The van der Waals surface area contributed by atoms with E-state index in [-0.39, 0.29) is 99.0 Å². The Morgan fingerprint density at radius 3 is 1.96 bits per heavy atom. The fourth-order valence-electron chi connectivity index (χ4n) is 7.05. The molecule has 10 aromatic rings. The van der Waals surface area contributed by atoms with Gasteiger partial charge >= 0.3 is 0 Å². The quantitative estimate of drug-likeness (QED) is 0.176. The minimum Gasteiger partial charge on any atom is -0.309 e. The Hall–Kier alpha value is -6.64. The Kier molecular flexibility index (Phi) is 4.60. The highest BCUT2D eigenvalue weighted by Gasteiger charge is 2.17. The van der Waals surface area contributed by atoms with E-state index in [1.165, 1.54) is 34.9 Å². The molecule has 0 atom stereocenters. The molecule has 0 bridgehead atoms. The molecule has 0 N–H and O–H groups in total. The number of nitrogens with zero attached hydrogens (tertiary/aromatic N) is 2. The van der Waals surface area contributed by atoms with Crippen LogP contribution >= 0.6 is 0 Å². The summed E-state index contributed by atoms with van der Waals surface area (Å²) in [5.41, 5.74) is 6.81. The second-order valence-corrected chi connectivity index (χ2v) is 12.1. The molecule has 0 unspecified atom stereocenters. The molecule has 50 heavy (non-hydrogen) atoms. The predicted octanol–water partition coefficient (Wildman–Crippen LogP) is 12.9. The van der Waals surface area contributed by atoms with E-state index >= 15 is 0 Å². The van der Waals surface area contributed by atoms with Crippen LogP contribution in [0.15, 0.2) is 194 Å². The molecule has 0 aliphatic heterocycles. The maximum absolute atomic E-state index is 9.76. The van der Waals surface area contributed by atoms with Gasteiger partial charge in [-0.05, 0) is 82.3 Å². The van der Waals surface area contributed by atoms with Crippen LogP contribution in [0.4, 0.5) is 0 Å². The molecular weight excluding hydrogens is 605 g/mol. The van der Waals surface area contributed by atoms with Crippen LogP contribution in [-0.4, -0.2) is 9.13 Å². The number of benzene rings is 8. The van der Waals surface area contributed by atoms with Crippen LogP contribution in [0.3, 0.4) is 0 Å². The summed E-state index contributed by atoms with van der Waals surface area (Å²) in [4.78, 5) is 0. The Morgan fingerprint density at radius 1 is 0.360 bits per heavy atom. The van der Waals surface area contributed by atoms with Crippen LogP contribution in [0.2, 0.25) is 0 Å². The summed E-state index contributed by atoms with van der Waals surface area (Å²) in [5.74, 6) is 0. The lowest BCUT2D eigenvalue weighted by Gasteiger charge is -2.14. The molecule has 2 heterocycles. The third-order valence-corrected chi connectivity index (χ3v) is 9.32. The maximum Gasteiger partial charge on any atom is 0.0645 e. The second-order valence-electron chi connectivity index (χ2n) is 12.1. The van der Waals surface area contributed by atoms with E-state index in [0.717, 1.165) is 38.6 Å². The van der Waals surface area contributed by atoms with Crippen molar-refractivity contribution in [1.29, 1.82) is 0 Å². The molecule has 234 valence electrons. The first-order valence-corrected chi connectivity index (χ1v) is 16.4. The number of hydrogen-bond donors (Lipinski definition) is 0.